The van der Waals surface area contributed by atoms with E-state index in [1.807, 2.05) is 0 Å². The van der Waals surface area contributed by atoms with Crippen LogP contribution in [0.4, 0.5) is 4.39 Å². The SMILES string of the molecule is Oc1cnc(F)cc1-c1c(Cl)ccc(Cl)c1Cl. The van der Waals surface area contributed by atoms with Crippen LogP contribution < -0.4 is 0 Å². The number of pyridine rings is 1. The lowest BCUT2D eigenvalue weighted by molar-refractivity contribution is 0.469. The van der Waals surface area contributed by atoms with E-state index in [0.29, 0.717) is 0 Å². The minimum atomic E-state index is -0.745. The first-order chi connectivity index (χ1) is 8.00. The highest BCUT2D eigenvalue weighted by Gasteiger charge is 2.16. The summed E-state index contributed by atoms with van der Waals surface area (Å²) in [6, 6.07) is 4.08. The third-order valence-corrected chi connectivity index (χ3v) is 3.28. The molecule has 0 unspecified atom stereocenters. The third-order valence-electron chi connectivity index (χ3n) is 2.16. The smallest absolute Gasteiger partial charge is 0.213 e. The maximum Gasteiger partial charge on any atom is 0.213 e. The average molecular weight is 293 g/mol. The molecule has 0 aliphatic rings. The molecule has 0 aliphatic heterocycles. The zero-order valence-corrected chi connectivity index (χ0v) is 10.5. The van der Waals surface area contributed by atoms with Crippen molar-refractivity contribution in [2.75, 3.05) is 0 Å². The maximum absolute atomic E-state index is 13.1. The summed E-state index contributed by atoms with van der Waals surface area (Å²) in [5, 5.41) is 10.3. The minimum Gasteiger partial charge on any atom is -0.506 e. The standard InChI is InChI=1S/C11H5Cl3FNO/c12-6-1-2-7(13)11(14)10(6)5-3-9(15)16-4-8(5)17/h1-4,17H. The molecular weight excluding hydrogens is 287 g/mol. The van der Waals surface area contributed by atoms with E-state index in [4.69, 9.17) is 34.8 Å². The average Bonchev–Trinajstić information content (AvgIpc) is 2.29. The van der Waals surface area contributed by atoms with E-state index in [1.165, 1.54) is 12.1 Å². The van der Waals surface area contributed by atoms with Gasteiger partial charge in [0.25, 0.3) is 0 Å². The maximum atomic E-state index is 13.1. The highest BCUT2D eigenvalue weighted by molar-refractivity contribution is 6.46. The van der Waals surface area contributed by atoms with Crippen LogP contribution in [0, 0.1) is 5.95 Å². The second-order valence-corrected chi connectivity index (χ2v) is 4.43. The Kier molecular flexibility index (Phi) is 3.43. The molecule has 2 aromatic rings. The molecule has 0 saturated heterocycles. The second-order valence-electron chi connectivity index (χ2n) is 3.24. The summed E-state index contributed by atoms with van der Waals surface area (Å²) in [7, 11) is 0. The lowest BCUT2D eigenvalue weighted by Crippen LogP contribution is -1.88. The van der Waals surface area contributed by atoms with E-state index in [2.05, 4.69) is 4.98 Å². The minimum absolute atomic E-state index is 0.148. The lowest BCUT2D eigenvalue weighted by atomic mass is 10.1. The molecule has 88 valence electrons. The van der Waals surface area contributed by atoms with Crippen molar-refractivity contribution in [1.82, 2.24) is 4.98 Å². The van der Waals surface area contributed by atoms with Gasteiger partial charge in [0.15, 0.2) is 0 Å². The number of rotatable bonds is 1. The summed E-state index contributed by atoms with van der Waals surface area (Å²) in [4.78, 5) is 3.31. The molecule has 0 radical (unpaired) electrons. The fraction of sp³-hybridized carbons (Fsp3) is 0. The first-order valence-corrected chi connectivity index (χ1v) is 5.62. The number of aromatic hydroxyl groups is 1. The molecule has 0 fully saturated rings. The van der Waals surface area contributed by atoms with Crippen molar-refractivity contribution in [2.24, 2.45) is 0 Å². The van der Waals surface area contributed by atoms with E-state index in [0.717, 1.165) is 12.3 Å². The first-order valence-electron chi connectivity index (χ1n) is 4.49. The quantitative estimate of drug-likeness (QED) is 0.617. The molecule has 17 heavy (non-hydrogen) atoms. The Balaban J connectivity index is 2.76. The van der Waals surface area contributed by atoms with Crippen LogP contribution in [0.25, 0.3) is 11.1 Å². The van der Waals surface area contributed by atoms with Gasteiger partial charge in [-0.25, -0.2) is 4.98 Å². The van der Waals surface area contributed by atoms with Crippen molar-refractivity contribution in [1.29, 1.82) is 0 Å². The van der Waals surface area contributed by atoms with Crippen LogP contribution in [-0.2, 0) is 0 Å². The van der Waals surface area contributed by atoms with Crippen molar-refractivity contribution in [3.8, 4) is 16.9 Å². The van der Waals surface area contributed by atoms with Gasteiger partial charge in [-0.2, -0.15) is 4.39 Å². The molecule has 1 heterocycles. The van der Waals surface area contributed by atoms with Crippen molar-refractivity contribution < 1.29 is 9.50 Å². The van der Waals surface area contributed by atoms with Gasteiger partial charge in [0.2, 0.25) is 5.95 Å². The van der Waals surface area contributed by atoms with E-state index in [-0.39, 0.29) is 31.9 Å². The number of halogens is 4. The van der Waals surface area contributed by atoms with Gasteiger partial charge in [-0.3, -0.25) is 0 Å². The van der Waals surface area contributed by atoms with Crippen molar-refractivity contribution in [3.05, 3.63) is 45.4 Å². The number of benzene rings is 1. The highest BCUT2D eigenvalue weighted by atomic mass is 35.5. The molecule has 0 atom stereocenters. The summed E-state index contributed by atoms with van der Waals surface area (Å²) in [6.45, 7) is 0. The fourth-order valence-electron chi connectivity index (χ4n) is 1.40. The number of nitrogens with zero attached hydrogens (tertiary/aromatic N) is 1. The van der Waals surface area contributed by atoms with Gasteiger partial charge in [0.05, 0.1) is 21.3 Å². The van der Waals surface area contributed by atoms with Crippen LogP contribution in [0.3, 0.4) is 0 Å². The summed E-state index contributed by atoms with van der Waals surface area (Å²) < 4.78 is 13.1. The number of hydrogen-bond donors (Lipinski definition) is 1. The number of aromatic nitrogens is 1. The Bertz CT molecular complexity index is 589. The molecule has 0 saturated carbocycles. The molecular formula is C11H5Cl3FNO. The van der Waals surface area contributed by atoms with Crippen LogP contribution in [0.1, 0.15) is 0 Å². The largest absolute Gasteiger partial charge is 0.506 e. The van der Waals surface area contributed by atoms with E-state index < -0.39 is 5.95 Å². The summed E-state index contributed by atoms with van der Waals surface area (Å²) >= 11 is 17.8. The lowest BCUT2D eigenvalue weighted by Gasteiger charge is -2.10. The van der Waals surface area contributed by atoms with E-state index >= 15 is 0 Å². The number of hydrogen-bond acceptors (Lipinski definition) is 2. The van der Waals surface area contributed by atoms with Crippen LogP contribution in [0.5, 0.6) is 5.75 Å². The molecule has 1 aromatic carbocycles. The van der Waals surface area contributed by atoms with Gasteiger partial charge in [-0.1, -0.05) is 34.8 Å². The molecule has 2 nitrogen and oxygen atoms in total. The topological polar surface area (TPSA) is 33.1 Å². The van der Waals surface area contributed by atoms with Crippen molar-refractivity contribution >= 4 is 34.8 Å². The van der Waals surface area contributed by atoms with Crippen LogP contribution >= 0.6 is 34.8 Å². The van der Waals surface area contributed by atoms with Gasteiger partial charge in [-0.15, -0.1) is 0 Å². The molecule has 0 amide bonds. The Hall–Kier alpha value is -1.03. The van der Waals surface area contributed by atoms with E-state index in [9.17, 15) is 9.50 Å². The van der Waals surface area contributed by atoms with Gasteiger partial charge in [0, 0.05) is 17.2 Å². The normalized spacial score (nSPS) is 10.6. The predicted molar refractivity (Wildman–Crippen MR) is 66.3 cm³/mol. The molecule has 6 heteroatoms. The van der Waals surface area contributed by atoms with Crippen LogP contribution in [0.2, 0.25) is 15.1 Å². The zero-order chi connectivity index (χ0) is 12.6. The Labute approximate surface area is 112 Å². The molecule has 0 spiro atoms. The van der Waals surface area contributed by atoms with Gasteiger partial charge >= 0.3 is 0 Å². The molecule has 0 aliphatic carbocycles. The van der Waals surface area contributed by atoms with Crippen LogP contribution in [0.15, 0.2) is 24.4 Å². The fourth-order valence-corrected chi connectivity index (χ4v) is 2.13. The first kappa shape index (κ1) is 12.4. The molecule has 1 aromatic heterocycles. The summed E-state index contributed by atoms with van der Waals surface area (Å²) in [5.41, 5.74) is 0.426. The Morgan fingerprint density at radius 3 is 2.47 bits per heavy atom. The molecule has 0 bridgehead atoms. The zero-order valence-electron chi connectivity index (χ0n) is 8.22. The Morgan fingerprint density at radius 1 is 1.12 bits per heavy atom. The molecule has 2 rings (SSSR count). The summed E-state index contributed by atoms with van der Waals surface area (Å²) in [6.07, 6.45) is 0.984. The van der Waals surface area contributed by atoms with Crippen molar-refractivity contribution in [2.45, 2.75) is 0 Å². The molecule has 1 N–H and O–H groups in total. The second kappa shape index (κ2) is 4.69. The monoisotopic (exact) mass is 291 g/mol. The highest BCUT2D eigenvalue weighted by Crippen LogP contribution is 2.42. The van der Waals surface area contributed by atoms with E-state index in [1.54, 1.807) is 0 Å². The summed E-state index contributed by atoms with van der Waals surface area (Å²) in [5.74, 6) is -0.970. The Morgan fingerprint density at radius 2 is 1.76 bits per heavy atom. The van der Waals surface area contributed by atoms with Crippen LogP contribution in [-0.4, -0.2) is 10.1 Å². The van der Waals surface area contributed by atoms with Gasteiger partial charge in [-0.05, 0) is 12.1 Å². The van der Waals surface area contributed by atoms with Gasteiger partial charge < -0.3 is 5.11 Å². The van der Waals surface area contributed by atoms with Crippen molar-refractivity contribution in [3.63, 3.8) is 0 Å². The van der Waals surface area contributed by atoms with Gasteiger partial charge in [0.1, 0.15) is 5.75 Å². The predicted octanol–water partition coefficient (Wildman–Crippen LogP) is 4.55. The third kappa shape index (κ3) is 2.32.